The van der Waals surface area contributed by atoms with Crippen LogP contribution in [0.5, 0.6) is 0 Å². The zero-order valence-electron chi connectivity index (χ0n) is 16.1. The Balaban J connectivity index is 1.36. The molecule has 0 spiro atoms. The molecule has 2 bridgehead atoms. The van der Waals surface area contributed by atoms with Crippen molar-refractivity contribution in [3.8, 4) is 0 Å². The van der Waals surface area contributed by atoms with Gasteiger partial charge in [0.15, 0.2) is 0 Å². The normalized spacial score (nSPS) is 31.2. The number of benzene rings is 1. The van der Waals surface area contributed by atoms with Crippen LogP contribution >= 0.6 is 0 Å². The molecule has 0 aromatic heterocycles. The Labute approximate surface area is 168 Å². The van der Waals surface area contributed by atoms with E-state index < -0.39 is 23.8 Å². The number of piperidine rings is 2. The zero-order chi connectivity index (χ0) is 20.1. The van der Waals surface area contributed by atoms with Gasteiger partial charge in [-0.15, -0.1) is 0 Å². The fraction of sp³-hybridized carbons (Fsp3) is 0.524. The van der Waals surface area contributed by atoms with Crippen LogP contribution in [0.3, 0.4) is 0 Å². The maximum Gasteiger partial charge on any atom is 0.262 e. The van der Waals surface area contributed by atoms with Crippen LogP contribution in [0.4, 0.5) is 0 Å². The second-order valence-electron chi connectivity index (χ2n) is 8.53. The van der Waals surface area contributed by atoms with Gasteiger partial charge in [-0.05, 0) is 55.8 Å². The molecule has 1 aliphatic carbocycles. The summed E-state index contributed by atoms with van der Waals surface area (Å²) >= 11 is 0. The highest BCUT2D eigenvalue weighted by atomic mass is 16.2. The maximum absolute atomic E-state index is 13.1. The van der Waals surface area contributed by atoms with Crippen LogP contribution in [-0.4, -0.2) is 53.7 Å². The van der Waals surface area contributed by atoms with Crippen molar-refractivity contribution < 1.29 is 19.2 Å². The quantitative estimate of drug-likeness (QED) is 0.627. The summed E-state index contributed by atoms with van der Waals surface area (Å²) in [6.07, 6.45) is 2.65. The molecule has 1 unspecified atom stereocenters. The monoisotopic (exact) mass is 396 g/mol. The smallest absolute Gasteiger partial charge is 0.262 e. The third-order valence-electron chi connectivity index (χ3n) is 6.74. The summed E-state index contributed by atoms with van der Waals surface area (Å²) < 4.78 is 0. The number of rotatable bonds is 4. The molecule has 8 heteroatoms. The molecule has 1 aromatic rings. The molecule has 4 atom stereocenters. The predicted molar refractivity (Wildman–Crippen MR) is 103 cm³/mol. The first kappa shape index (κ1) is 18.4. The maximum atomic E-state index is 13.1. The minimum Gasteiger partial charge on any atom is -0.316 e. The Hall–Kier alpha value is -2.58. The van der Waals surface area contributed by atoms with E-state index in [4.69, 9.17) is 0 Å². The Bertz CT molecular complexity index is 914. The van der Waals surface area contributed by atoms with Crippen molar-refractivity contribution in [1.29, 1.82) is 0 Å². The molecule has 1 saturated carbocycles. The fourth-order valence-corrected chi connectivity index (χ4v) is 5.33. The molecule has 3 aliphatic heterocycles. The van der Waals surface area contributed by atoms with E-state index in [1.807, 2.05) is 6.07 Å². The Kier molecular flexibility index (Phi) is 4.48. The lowest BCUT2D eigenvalue weighted by atomic mass is 9.99. The fourth-order valence-electron chi connectivity index (χ4n) is 5.33. The lowest BCUT2D eigenvalue weighted by Gasteiger charge is -2.28. The highest BCUT2D eigenvalue weighted by Crippen LogP contribution is 2.34. The molecule has 0 radical (unpaired) electrons. The Morgan fingerprint density at radius 1 is 1.07 bits per heavy atom. The van der Waals surface area contributed by atoms with Crippen LogP contribution in [0.2, 0.25) is 0 Å². The van der Waals surface area contributed by atoms with E-state index >= 15 is 0 Å². The van der Waals surface area contributed by atoms with Gasteiger partial charge in [0.2, 0.25) is 11.8 Å². The summed E-state index contributed by atoms with van der Waals surface area (Å²) in [4.78, 5) is 50.7. The number of nitrogens with one attached hydrogen (secondary N) is 3. The zero-order valence-corrected chi connectivity index (χ0v) is 16.1. The highest BCUT2D eigenvalue weighted by molar-refractivity contribution is 6.24. The number of imide groups is 2. The minimum absolute atomic E-state index is 0.122. The van der Waals surface area contributed by atoms with E-state index in [1.54, 1.807) is 12.1 Å². The first-order chi connectivity index (χ1) is 14.0. The topological polar surface area (TPSA) is 108 Å². The SMILES string of the molecule is O=C1CCC(N2C(=O)c3cccc(CN[C@@H]4C[C@H]5CNC[C@@H]4C5)c3C2=O)C(=O)N1. The van der Waals surface area contributed by atoms with Crippen molar-refractivity contribution in [1.82, 2.24) is 20.9 Å². The van der Waals surface area contributed by atoms with Gasteiger partial charge in [0.05, 0.1) is 11.1 Å². The molecule has 4 amide bonds. The molecule has 5 rings (SSSR count). The lowest BCUT2D eigenvalue weighted by molar-refractivity contribution is -0.136. The van der Waals surface area contributed by atoms with Crippen LogP contribution in [0, 0.1) is 11.8 Å². The van der Waals surface area contributed by atoms with E-state index in [9.17, 15) is 19.2 Å². The van der Waals surface area contributed by atoms with E-state index in [0.29, 0.717) is 35.5 Å². The summed E-state index contributed by atoms with van der Waals surface area (Å²) in [6.45, 7) is 2.60. The molecule has 3 fully saturated rings. The first-order valence-corrected chi connectivity index (χ1v) is 10.3. The summed E-state index contributed by atoms with van der Waals surface area (Å²) in [7, 11) is 0. The van der Waals surface area contributed by atoms with Gasteiger partial charge in [0.1, 0.15) is 6.04 Å². The largest absolute Gasteiger partial charge is 0.316 e. The number of nitrogens with zero attached hydrogens (tertiary/aromatic N) is 1. The van der Waals surface area contributed by atoms with E-state index in [1.165, 1.54) is 6.42 Å². The van der Waals surface area contributed by atoms with Crippen LogP contribution in [0.25, 0.3) is 0 Å². The van der Waals surface area contributed by atoms with Gasteiger partial charge in [0, 0.05) is 19.0 Å². The molecule has 8 nitrogen and oxygen atoms in total. The number of fused-ring (bicyclic) bond motifs is 3. The van der Waals surface area contributed by atoms with Crippen LogP contribution in [-0.2, 0) is 16.1 Å². The molecule has 152 valence electrons. The van der Waals surface area contributed by atoms with Gasteiger partial charge >= 0.3 is 0 Å². The standard InChI is InChI=1S/C21H24N4O4/c26-17-5-4-16(19(27)24-17)25-20(28)14-3-1-2-12(18(14)21(25)29)10-23-15-7-11-6-13(15)9-22-8-11/h1-3,11,13,15-16,22-23H,4-10H2,(H,24,26,27)/t11-,13-,15+,16?/m0/s1. The van der Waals surface area contributed by atoms with Crippen molar-refractivity contribution in [3.05, 3.63) is 34.9 Å². The van der Waals surface area contributed by atoms with Gasteiger partial charge in [0.25, 0.3) is 11.8 Å². The van der Waals surface area contributed by atoms with Crippen LogP contribution < -0.4 is 16.0 Å². The second kappa shape index (κ2) is 7.03. The number of hydrogen-bond donors (Lipinski definition) is 3. The average Bonchev–Trinajstić information content (AvgIpc) is 3.13. The molecular formula is C21H24N4O4. The summed E-state index contributed by atoms with van der Waals surface area (Å²) in [5.74, 6) is -0.544. The molecule has 4 aliphatic rings. The van der Waals surface area contributed by atoms with Crippen LogP contribution in [0.15, 0.2) is 18.2 Å². The third kappa shape index (κ3) is 3.07. The van der Waals surface area contributed by atoms with Gasteiger partial charge in [-0.2, -0.15) is 0 Å². The van der Waals surface area contributed by atoms with Crippen molar-refractivity contribution in [2.24, 2.45) is 11.8 Å². The Morgan fingerprint density at radius 3 is 2.72 bits per heavy atom. The average molecular weight is 396 g/mol. The van der Waals surface area contributed by atoms with Crippen molar-refractivity contribution in [2.45, 2.75) is 44.3 Å². The number of hydrogen-bond acceptors (Lipinski definition) is 6. The molecule has 1 aromatic carbocycles. The van der Waals surface area contributed by atoms with Gasteiger partial charge in [-0.3, -0.25) is 29.4 Å². The minimum atomic E-state index is -0.930. The van der Waals surface area contributed by atoms with Crippen molar-refractivity contribution in [3.63, 3.8) is 0 Å². The summed E-state index contributed by atoms with van der Waals surface area (Å²) in [6, 6.07) is 4.76. The third-order valence-corrected chi connectivity index (χ3v) is 6.74. The van der Waals surface area contributed by atoms with Gasteiger partial charge < -0.3 is 10.6 Å². The molecule has 2 saturated heterocycles. The van der Waals surface area contributed by atoms with Crippen molar-refractivity contribution in [2.75, 3.05) is 13.1 Å². The molecule has 3 heterocycles. The van der Waals surface area contributed by atoms with Crippen LogP contribution in [0.1, 0.15) is 52.0 Å². The lowest BCUT2D eigenvalue weighted by Crippen LogP contribution is -2.54. The predicted octanol–water partition coefficient (Wildman–Crippen LogP) is 0.175. The van der Waals surface area contributed by atoms with Gasteiger partial charge in [-0.1, -0.05) is 12.1 Å². The molecule has 29 heavy (non-hydrogen) atoms. The van der Waals surface area contributed by atoms with Gasteiger partial charge in [-0.25, -0.2) is 0 Å². The number of carbonyl (C=O) groups is 4. The van der Waals surface area contributed by atoms with Crippen molar-refractivity contribution >= 4 is 23.6 Å². The number of carbonyl (C=O) groups excluding carboxylic acids is 4. The first-order valence-electron chi connectivity index (χ1n) is 10.3. The summed E-state index contributed by atoms with van der Waals surface area (Å²) in [5.41, 5.74) is 1.50. The van der Waals surface area contributed by atoms with E-state index in [0.717, 1.165) is 30.0 Å². The second-order valence-corrected chi connectivity index (χ2v) is 8.53. The van der Waals surface area contributed by atoms with E-state index in [2.05, 4.69) is 16.0 Å². The number of amides is 4. The Morgan fingerprint density at radius 2 is 1.93 bits per heavy atom. The molecule has 3 N–H and O–H groups in total. The van der Waals surface area contributed by atoms with E-state index in [-0.39, 0.29) is 18.7 Å². The highest BCUT2D eigenvalue weighted by Gasteiger charge is 2.45. The molecular weight excluding hydrogens is 372 g/mol. The summed E-state index contributed by atoms with van der Waals surface area (Å²) in [5, 5.41) is 9.30.